The number of aryl methyl sites for hydroxylation is 4. The average molecular weight is 230 g/mol. The van der Waals surface area contributed by atoms with Gasteiger partial charge in [-0.15, -0.1) is 0 Å². The molecular formula is C16H19F. The molecule has 0 radical (unpaired) electrons. The van der Waals surface area contributed by atoms with E-state index in [1.54, 1.807) is 6.07 Å². The number of halogens is 1. The molecule has 17 heavy (non-hydrogen) atoms. The van der Waals surface area contributed by atoms with Crippen molar-refractivity contribution in [3.63, 3.8) is 0 Å². The molecule has 0 aliphatic carbocycles. The van der Waals surface area contributed by atoms with Crippen molar-refractivity contribution in [1.82, 2.24) is 0 Å². The average Bonchev–Trinajstić information content (AvgIpc) is 2.28. The molecule has 0 saturated heterocycles. The summed E-state index contributed by atoms with van der Waals surface area (Å²) >= 11 is 0. The van der Waals surface area contributed by atoms with Crippen LogP contribution >= 0.6 is 0 Å². The van der Waals surface area contributed by atoms with Crippen LogP contribution in [0.1, 0.15) is 33.4 Å². The molecule has 0 aliphatic heterocycles. The van der Waals surface area contributed by atoms with Gasteiger partial charge in [-0.1, -0.05) is 0 Å². The molecule has 2 aromatic rings. The van der Waals surface area contributed by atoms with Crippen LogP contribution in [0.2, 0.25) is 0 Å². The quantitative estimate of drug-likeness (QED) is 0.608. The highest BCUT2D eigenvalue weighted by molar-refractivity contribution is 5.94. The van der Waals surface area contributed by atoms with Crippen LogP contribution in [0.4, 0.5) is 4.39 Å². The van der Waals surface area contributed by atoms with Crippen LogP contribution in [0.25, 0.3) is 10.8 Å². The summed E-state index contributed by atoms with van der Waals surface area (Å²) in [5.41, 5.74) is 7.00. The maximum atomic E-state index is 14.2. The summed E-state index contributed by atoms with van der Waals surface area (Å²) < 4.78 is 14.2. The van der Waals surface area contributed by atoms with E-state index in [1.807, 2.05) is 13.8 Å². The van der Waals surface area contributed by atoms with Crippen molar-refractivity contribution in [1.29, 1.82) is 0 Å². The largest absolute Gasteiger partial charge is 0.206 e. The van der Waals surface area contributed by atoms with E-state index in [4.69, 9.17) is 0 Å². The Hall–Kier alpha value is -1.37. The molecule has 0 atom stereocenters. The first kappa shape index (κ1) is 12.1. The molecule has 1 heteroatoms. The molecule has 0 aliphatic rings. The zero-order valence-corrected chi connectivity index (χ0v) is 11.5. The van der Waals surface area contributed by atoms with Gasteiger partial charge in [0.1, 0.15) is 5.82 Å². The van der Waals surface area contributed by atoms with E-state index >= 15 is 0 Å². The molecule has 0 heterocycles. The van der Waals surface area contributed by atoms with E-state index in [2.05, 4.69) is 27.7 Å². The van der Waals surface area contributed by atoms with Gasteiger partial charge in [0, 0.05) is 5.39 Å². The molecule has 0 unspecified atom stereocenters. The van der Waals surface area contributed by atoms with Crippen LogP contribution in [0.3, 0.4) is 0 Å². The van der Waals surface area contributed by atoms with Crippen molar-refractivity contribution in [2.45, 2.75) is 41.5 Å². The summed E-state index contributed by atoms with van der Waals surface area (Å²) in [5, 5.41) is 1.90. The fraction of sp³-hybridized carbons (Fsp3) is 0.375. The van der Waals surface area contributed by atoms with E-state index in [0.29, 0.717) is 0 Å². The van der Waals surface area contributed by atoms with Crippen LogP contribution < -0.4 is 0 Å². The Bertz CT molecular complexity index is 622. The maximum absolute atomic E-state index is 14.2. The molecule has 0 N–H and O–H groups in total. The Balaban J connectivity index is 3.17. The molecule has 0 saturated carbocycles. The monoisotopic (exact) mass is 230 g/mol. The minimum Gasteiger partial charge on any atom is -0.206 e. The predicted molar refractivity (Wildman–Crippen MR) is 72.3 cm³/mol. The zero-order valence-electron chi connectivity index (χ0n) is 11.5. The lowest BCUT2D eigenvalue weighted by Crippen LogP contribution is -1.99. The molecular weight excluding hydrogens is 211 g/mol. The van der Waals surface area contributed by atoms with E-state index < -0.39 is 0 Å². The molecule has 0 bridgehead atoms. The highest BCUT2D eigenvalue weighted by atomic mass is 19.1. The lowest BCUT2D eigenvalue weighted by molar-refractivity contribution is 0.637. The lowest BCUT2D eigenvalue weighted by Gasteiger charge is -2.17. The van der Waals surface area contributed by atoms with E-state index in [1.165, 1.54) is 22.3 Å². The second-order valence-corrected chi connectivity index (χ2v) is 5.05. The third-order valence-corrected chi connectivity index (χ3v) is 4.24. The molecule has 2 aromatic carbocycles. The van der Waals surface area contributed by atoms with Gasteiger partial charge in [0.25, 0.3) is 0 Å². The molecule has 0 aromatic heterocycles. The molecule has 0 fully saturated rings. The van der Waals surface area contributed by atoms with E-state index in [-0.39, 0.29) is 5.82 Å². The van der Waals surface area contributed by atoms with Crippen LogP contribution in [-0.4, -0.2) is 0 Å². The number of hydrogen-bond donors (Lipinski definition) is 0. The fourth-order valence-corrected chi connectivity index (χ4v) is 2.65. The minimum absolute atomic E-state index is 0.0909. The Kier molecular flexibility index (Phi) is 2.73. The Morgan fingerprint density at radius 1 is 0.647 bits per heavy atom. The predicted octanol–water partition coefficient (Wildman–Crippen LogP) is 4.83. The standard InChI is InChI=1S/C16H19F/c1-8-7-14(17)16-13(6)11(4)10(3)12(5)15(16)9(8)2/h7H,1-6H3. The molecule has 0 spiro atoms. The SMILES string of the molecule is Cc1cc(F)c2c(C)c(C)c(C)c(C)c2c1C. The first-order chi connectivity index (χ1) is 7.86. The third-order valence-electron chi connectivity index (χ3n) is 4.24. The fourth-order valence-electron chi connectivity index (χ4n) is 2.65. The number of rotatable bonds is 0. The summed E-state index contributed by atoms with van der Waals surface area (Å²) in [6.45, 7) is 12.4. The van der Waals surface area contributed by atoms with Crippen LogP contribution in [0.15, 0.2) is 6.07 Å². The van der Waals surface area contributed by atoms with Crippen molar-refractivity contribution < 1.29 is 4.39 Å². The smallest absolute Gasteiger partial charge is 0.131 e. The van der Waals surface area contributed by atoms with E-state index in [9.17, 15) is 4.39 Å². The van der Waals surface area contributed by atoms with Crippen molar-refractivity contribution >= 4 is 10.8 Å². The van der Waals surface area contributed by atoms with Gasteiger partial charge in [-0.05, 0) is 86.4 Å². The lowest BCUT2D eigenvalue weighted by atomic mass is 9.88. The zero-order chi connectivity index (χ0) is 12.9. The minimum atomic E-state index is -0.0909. The van der Waals surface area contributed by atoms with Gasteiger partial charge in [0.05, 0.1) is 0 Å². The normalized spacial score (nSPS) is 11.2. The second-order valence-electron chi connectivity index (χ2n) is 5.05. The van der Waals surface area contributed by atoms with Gasteiger partial charge in [-0.2, -0.15) is 0 Å². The molecule has 90 valence electrons. The van der Waals surface area contributed by atoms with Gasteiger partial charge in [0.2, 0.25) is 0 Å². The van der Waals surface area contributed by atoms with Gasteiger partial charge >= 0.3 is 0 Å². The highest BCUT2D eigenvalue weighted by Crippen LogP contribution is 2.34. The number of benzene rings is 2. The topological polar surface area (TPSA) is 0 Å². The molecule has 0 amide bonds. The first-order valence-electron chi connectivity index (χ1n) is 6.02. The van der Waals surface area contributed by atoms with Crippen LogP contribution in [0, 0.1) is 47.4 Å². The van der Waals surface area contributed by atoms with Crippen LogP contribution in [-0.2, 0) is 0 Å². The van der Waals surface area contributed by atoms with Crippen molar-refractivity contribution in [3.8, 4) is 0 Å². The molecule has 0 nitrogen and oxygen atoms in total. The summed E-state index contributed by atoms with van der Waals surface area (Å²) in [4.78, 5) is 0. The number of hydrogen-bond acceptors (Lipinski definition) is 0. The van der Waals surface area contributed by atoms with Crippen molar-refractivity contribution in [2.75, 3.05) is 0 Å². The van der Waals surface area contributed by atoms with Crippen molar-refractivity contribution in [2.24, 2.45) is 0 Å². The number of fused-ring (bicyclic) bond motifs is 1. The Morgan fingerprint density at radius 2 is 1.12 bits per heavy atom. The molecule has 2 rings (SSSR count). The van der Waals surface area contributed by atoms with Crippen molar-refractivity contribution in [3.05, 3.63) is 45.3 Å². The summed E-state index contributed by atoms with van der Waals surface area (Å²) in [6.07, 6.45) is 0. The van der Waals surface area contributed by atoms with Gasteiger partial charge in [0.15, 0.2) is 0 Å². The highest BCUT2D eigenvalue weighted by Gasteiger charge is 2.15. The van der Waals surface area contributed by atoms with Gasteiger partial charge in [-0.25, -0.2) is 4.39 Å². The maximum Gasteiger partial charge on any atom is 0.131 e. The van der Waals surface area contributed by atoms with E-state index in [0.717, 1.165) is 21.9 Å². The summed E-state index contributed by atoms with van der Waals surface area (Å²) in [5.74, 6) is -0.0909. The van der Waals surface area contributed by atoms with Gasteiger partial charge in [-0.3, -0.25) is 0 Å². The second kappa shape index (κ2) is 3.83. The Morgan fingerprint density at radius 3 is 1.65 bits per heavy atom. The first-order valence-corrected chi connectivity index (χ1v) is 6.02. The summed E-state index contributed by atoms with van der Waals surface area (Å²) in [7, 11) is 0. The summed E-state index contributed by atoms with van der Waals surface area (Å²) in [6, 6.07) is 1.65. The Labute approximate surface area is 102 Å². The van der Waals surface area contributed by atoms with Gasteiger partial charge < -0.3 is 0 Å². The third kappa shape index (κ3) is 1.56. The van der Waals surface area contributed by atoms with Crippen LogP contribution in [0.5, 0.6) is 0 Å².